The van der Waals surface area contributed by atoms with Crippen LogP contribution in [0, 0.1) is 0 Å². The van der Waals surface area contributed by atoms with Crippen molar-refractivity contribution in [1.29, 1.82) is 0 Å². The van der Waals surface area contributed by atoms with Gasteiger partial charge in [0.25, 0.3) is 5.91 Å². The van der Waals surface area contributed by atoms with Crippen LogP contribution < -0.4 is 5.32 Å². The van der Waals surface area contributed by atoms with Gasteiger partial charge in [0.15, 0.2) is 0 Å². The third-order valence-electron chi connectivity index (χ3n) is 3.24. The number of anilines is 1. The normalized spacial score (nSPS) is 11.2. The number of hydrogen-bond donors (Lipinski definition) is 1. The molecule has 4 nitrogen and oxygen atoms in total. The second kappa shape index (κ2) is 7.48. The van der Waals surface area contributed by atoms with Crippen LogP contribution in [0.15, 0.2) is 41.8 Å². The minimum atomic E-state index is -4.57. The number of para-hydroxylation sites is 1. The van der Waals surface area contributed by atoms with Crippen molar-refractivity contribution in [3.8, 4) is 0 Å². The first-order valence-corrected chi connectivity index (χ1v) is 7.99. The number of amides is 2. The Kier molecular flexibility index (Phi) is 5.61. The Labute approximate surface area is 140 Å². The third kappa shape index (κ3) is 4.35. The van der Waals surface area contributed by atoms with Gasteiger partial charge in [-0.05, 0) is 30.5 Å². The Balaban J connectivity index is 2.09. The van der Waals surface area contributed by atoms with Crippen molar-refractivity contribution in [2.75, 3.05) is 18.4 Å². The molecule has 0 radical (unpaired) electrons. The van der Waals surface area contributed by atoms with Crippen molar-refractivity contribution in [2.45, 2.75) is 13.1 Å². The van der Waals surface area contributed by atoms with E-state index in [1.54, 1.807) is 24.4 Å². The molecule has 24 heavy (non-hydrogen) atoms. The Morgan fingerprint density at radius 2 is 1.88 bits per heavy atom. The highest BCUT2D eigenvalue weighted by Gasteiger charge is 2.33. The fourth-order valence-electron chi connectivity index (χ4n) is 2.09. The summed E-state index contributed by atoms with van der Waals surface area (Å²) in [7, 11) is 0. The maximum atomic E-state index is 12.9. The number of nitrogens with one attached hydrogen (secondary N) is 1. The number of carbonyl (C=O) groups excluding carboxylic acids is 2. The van der Waals surface area contributed by atoms with E-state index in [-0.39, 0.29) is 24.7 Å². The molecule has 0 aliphatic heterocycles. The lowest BCUT2D eigenvalue weighted by molar-refractivity contribution is -0.137. The molecule has 0 saturated heterocycles. The molecule has 1 heterocycles. The summed E-state index contributed by atoms with van der Waals surface area (Å²) in [5.41, 5.74) is -1.25. The molecule has 1 aromatic heterocycles. The van der Waals surface area contributed by atoms with Gasteiger partial charge in [0.2, 0.25) is 5.91 Å². The highest BCUT2D eigenvalue weighted by Crippen LogP contribution is 2.34. The first-order chi connectivity index (χ1) is 11.3. The Hall–Kier alpha value is -2.35. The van der Waals surface area contributed by atoms with E-state index in [9.17, 15) is 22.8 Å². The van der Waals surface area contributed by atoms with Crippen molar-refractivity contribution in [1.82, 2.24) is 4.90 Å². The maximum absolute atomic E-state index is 12.9. The summed E-state index contributed by atoms with van der Waals surface area (Å²) < 4.78 is 38.8. The summed E-state index contributed by atoms with van der Waals surface area (Å²) in [6.45, 7) is 1.65. The van der Waals surface area contributed by atoms with Crippen LogP contribution in [0.3, 0.4) is 0 Å². The van der Waals surface area contributed by atoms with E-state index in [1.165, 1.54) is 34.4 Å². The van der Waals surface area contributed by atoms with Crippen molar-refractivity contribution < 1.29 is 22.8 Å². The van der Waals surface area contributed by atoms with E-state index < -0.39 is 17.6 Å². The van der Waals surface area contributed by atoms with Gasteiger partial charge in [-0.2, -0.15) is 13.2 Å². The largest absolute Gasteiger partial charge is 0.418 e. The number of hydrogen-bond acceptors (Lipinski definition) is 3. The lowest BCUT2D eigenvalue weighted by atomic mass is 10.1. The monoisotopic (exact) mass is 356 g/mol. The van der Waals surface area contributed by atoms with E-state index in [1.807, 2.05) is 0 Å². The zero-order valence-corrected chi connectivity index (χ0v) is 13.6. The number of rotatable bonds is 5. The second-order valence-electron chi connectivity index (χ2n) is 4.89. The molecule has 2 rings (SSSR count). The Bertz CT molecular complexity index is 714. The number of benzene rings is 1. The van der Waals surface area contributed by atoms with Gasteiger partial charge in [-0.3, -0.25) is 9.59 Å². The summed E-state index contributed by atoms with van der Waals surface area (Å²) in [6, 6.07) is 8.07. The molecular weight excluding hydrogens is 341 g/mol. The fourth-order valence-corrected chi connectivity index (χ4v) is 2.78. The van der Waals surface area contributed by atoms with Crippen LogP contribution in [0.5, 0.6) is 0 Å². The second-order valence-corrected chi connectivity index (χ2v) is 5.84. The van der Waals surface area contributed by atoms with Gasteiger partial charge in [-0.15, -0.1) is 11.3 Å². The fraction of sp³-hybridized carbons (Fsp3) is 0.250. The molecule has 2 amide bonds. The first kappa shape index (κ1) is 18.0. The van der Waals surface area contributed by atoms with E-state index in [0.717, 1.165) is 6.07 Å². The zero-order chi connectivity index (χ0) is 17.7. The number of alkyl halides is 3. The van der Waals surface area contributed by atoms with Gasteiger partial charge in [-0.1, -0.05) is 18.2 Å². The predicted molar refractivity (Wildman–Crippen MR) is 86.0 cm³/mol. The van der Waals surface area contributed by atoms with Crippen LogP contribution >= 0.6 is 11.3 Å². The SMILES string of the molecule is CCN(CC(=O)Nc1ccccc1C(F)(F)F)C(=O)c1cccs1. The van der Waals surface area contributed by atoms with Crippen LogP contribution in [0.1, 0.15) is 22.2 Å². The minimum Gasteiger partial charge on any atom is -0.329 e. The average Bonchev–Trinajstić information content (AvgIpc) is 3.06. The lowest BCUT2D eigenvalue weighted by Crippen LogP contribution is -2.37. The van der Waals surface area contributed by atoms with Gasteiger partial charge in [0.1, 0.15) is 6.54 Å². The third-order valence-corrected chi connectivity index (χ3v) is 4.10. The molecule has 0 fully saturated rings. The van der Waals surface area contributed by atoms with Crippen LogP contribution in [0.4, 0.5) is 18.9 Å². The summed E-state index contributed by atoms with van der Waals surface area (Å²) in [6.07, 6.45) is -4.57. The summed E-state index contributed by atoms with van der Waals surface area (Å²) in [5.74, 6) is -1.01. The number of nitrogens with zero attached hydrogens (tertiary/aromatic N) is 1. The van der Waals surface area contributed by atoms with Gasteiger partial charge >= 0.3 is 6.18 Å². The smallest absolute Gasteiger partial charge is 0.329 e. The van der Waals surface area contributed by atoms with Crippen LogP contribution in [-0.4, -0.2) is 29.8 Å². The molecule has 8 heteroatoms. The standard InChI is InChI=1S/C16H15F3N2O2S/c1-2-21(15(23)13-8-5-9-24-13)10-14(22)20-12-7-4-3-6-11(12)16(17,18)19/h3-9H,2,10H2,1H3,(H,20,22). The molecule has 0 aliphatic carbocycles. The van der Waals surface area contributed by atoms with Crippen molar-refractivity contribution in [2.24, 2.45) is 0 Å². The molecule has 0 atom stereocenters. The zero-order valence-electron chi connectivity index (χ0n) is 12.8. The molecule has 0 unspecified atom stereocenters. The van der Waals surface area contributed by atoms with Gasteiger partial charge in [0, 0.05) is 6.54 Å². The molecule has 1 N–H and O–H groups in total. The van der Waals surface area contributed by atoms with Crippen LogP contribution in [0.25, 0.3) is 0 Å². The number of thiophene rings is 1. The quantitative estimate of drug-likeness (QED) is 0.884. The highest BCUT2D eigenvalue weighted by molar-refractivity contribution is 7.12. The van der Waals surface area contributed by atoms with Gasteiger partial charge in [-0.25, -0.2) is 0 Å². The van der Waals surface area contributed by atoms with Crippen LogP contribution in [-0.2, 0) is 11.0 Å². The number of carbonyl (C=O) groups is 2. The van der Waals surface area contributed by atoms with E-state index >= 15 is 0 Å². The van der Waals surface area contributed by atoms with Gasteiger partial charge in [0.05, 0.1) is 16.1 Å². The van der Waals surface area contributed by atoms with Crippen LogP contribution in [0.2, 0.25) is 0 Å². The van der Waals surface area contributed by atoms with E-state index in [0.29, 0.717) is 4.88 Å². The van der Waals surface area contributed by atoms with Crippen molar-refractivity contribution >= 4 is 28.8 Å². The molecule has 1 aromatic carbocycles. The number of halogens is 3. The highest BCUT2D eigenvalue weighted by atomic mass is 32.1. The molecular formula is C16H15F3N2O2S. The van der Waals surface area contributed by atoms with E-state index in [2.05, 4.69) is 5.32 Å². The molecule has 0 aliphatic rings. The molecule has 2 aromatic rings. The van der Waals surface area contributed by atoms with Gasteiger partial charge < -0.3 is 10.2 Å². The molecule has 0 spiro atoms. The molecule has 128 valence electrons. The summed E-state index contributed by atoms with van der Waals surface area (Å²) >= 11 is 1.24. The average molecular weight is 356 g/mol. The number of likely N-dealkylation sites (N-methyl/N-ethyl adjacent to an activating group) is 1. The molecule has 0 bridgehead atoms. The Morgan fingerprint density at radius 1 is 1.17 bits per heavy atom. The first-order valence-electron chi connectivity index (χ1n) is 7.11. The van der Waals surface area contributed by atoms with Crippen molar-refractivity contribution in [3.05, 3.63) is 52.2 Å². The van der Waals surface area contributed by atoms with E-state index in [4.69, 9.17) is 0 Å². The lowest BCUT2D eigenvalue weighted by Gasteiger charge is -2.20. The summed E-state index contributed by atoms with van der Waals surface area (Å²) in [5, 5.41) is 3.97. The van der Waals surface area contributed by atoms with Crippen molar-refractivity contribution in [3.63, 3.8) is 0 Å². The Morgan fingerprint density at radius 3 is 2.46 bits per heavy atom. The molecule has 0 saturated carbocycles. The topological polar surface area (TPSA) is 49.4 Å². The summed E-state index contributed by atoms with van der Waals surface area (Å²) in [4.78, 5) is 26.0. The maximum Gasteiger partial charge on any atom is 0.418 e. The predicted octanol–water partition coefficient (Wildman–Crippen LogP) is 3.87. The minimum absolute atomic E-state index is 0.269.